The molecule has 0 bridgehead atoms. The van der Waals surface area contributed by atoms with Crippen LogP contribution < -0.4 is 9.47 Å². The van der Waals surface area contributed by atoms with E-state index in [2.05, 4.69) is 0 Å². The second-order valence-corrected chi connectivity index (χ2v) is 6.83. The number of hydrogen-bond donors (Lipinski definition) is 0. The molecule has 0 atom stereocenters. The zero-order valence-corrected chi connectivity index (χ0v) is 13.9. The lowest BCUT2D eigenvalue weighted by Gasteiger charge is -2.22. The molecule has 0 N–H and O–H groups in total. The lowest BCUT2D eigenvalue weighted by Crippen LogP contribution is -2.33. The first-order chi connectivity index (χ1) is 9.29. The number of hydrogen-bond acceptors (Lipinski definition) is 4. The Morgan fingerprint density at radius 2 is 1.85 bits per heavy atom. The highest BCUT2D eigenvalue weighted by Gasteiger charge is 2.26. The van der Waals surface area contributed by atoms with E-state index in [4.69, 9.17) is 21.1 Å². The molecule has 1 rings (SSSR count). The van der Waals surface area contributed by atoms with Crippen molar-refractivity contribution in [1.29, 1.82) is 0 Å². The number of benzene rings is 1. The van der Waals surface area contributed by atoms with Crippen molar-refractivity contribution in [2.75, 3.05) is 21.3 Å². The van der Waals surface area contributed by atoms with Gasteiger partial charge in [0.1, 0.15) is 0 Å². The van der Waals surface area contributed by atoms with Gasteiger partial charge in [0.05, 0.1) is 25.0 Å². The average molecular weight is 322 g/mol. The quantitative estimate of drug-likeness (QED) is 0.755. The molecule has 7 heteroatoms. The molecule has 0 fully saturated rings. The minimum Gasteiger partial charge on any atom is -0.493 e. The summed E-state index contributed by atoms with van der Waals surface area (Å²) >= 11 is 5.86. The fourth-order valence-corrected chi connectivity index (χ4v) is 3.34. The minimum atomic E-state index is -3.59. The maximum Gasteiger partial charge on any atom is 0.243 e. The number of methoxy groups -OCH3 is 2. The Balaban J connectivity index is 3.47. The van der Waals surface area contributed by atoms with E-state index in [0.717, 1.165) is 0 Å². The molecule has 1 aromatic carbocycles. The largest absolute Gasteiger partial charge is 0.493 e. The van der Waals surface area contributed by atoms with E-state index in [1.165, 1.54) is 37.7 Å². The first kappa shape index (κ1) is 17.1. The van der Waals surface area contributed by atoms with E-state index in [0.29, 0.717) is 17.1 Å². The van der Waals surface area contributed by atoms with Crippen molar-refractivity contribution in [3.05, 3.63) is 17.7 Å². The number of alkyl halides is 1. The van der Waals surface area contributed by atoms with Crippen LogP contribution in [0.5, 0.6) is 11.5 Å². The van der Waals surface area contributed by atoms with Crippen LogP contribution in [0.3, 0.4) is 0 Å². The fourth-order valence-electron chi connectivity index (χ4n) is 1.71. The number of sulfonamides is 1. The Morgan fingerprint density at radius 1 is 1.25 bits per heavy atom. The van der Waals surface area contributed by atoms with Crippen molar-refractivity contribution in [1.82, 2.24) is 4.31 Å². The van der Waals surface area contributed by atoms with E-state index in [-0.39, 0.29) is 16.8 Å². The van der Waals surface area contributed by atoms with Crippen LogP contribution >= 0.6 is 11.6 Å². The molecule has 0 saturated heterocycles. The van der Waals surface area contributed by atoms with Crippen LogP contribution in [0.15, 0.2) is 17.0 Å². The molecule has 0 aliphatic carbocycles. The third-order valence-corrected chi connectivity index (χ3v) is 5.38. The zero-order chi connectivity index (χ0) is 15.5. The summed E-state index contributed by atoms with van der Waals surface area (Å²) in [5, 5.41) is 0. The smallest absolute Gasteiger partial charge is 0.243 e. The molecule has 0 aromatic heterocycles. The van der Waals surface area contributed by atoms with Gasteiger partial charge < -0.3 is 9.47 Å². The summed E-state index contributed by atoms with van der Waals surface area (Å²) in [6.45, 7) is 3.61. The average Bonchev–Trinajstić information content (AvgIpc) is 2.44. The molecule has 1 aromatic rings. The van der Waals surface area contributed by atoms with Crippen LogP contribution in [0.1, 0.15) is 19.4 Å². The number of nitrogens with zero attached hydrogens (tertiary/aromatic N) is 1. The molecular formula is C13H20ClNO4S. The van der Waals surface area contributed by atoms with E-state index >= 15 is 0 Å². The normalized spacial score (nSPS) is 12.0. The Hall–Kier alpha value is -0.980. The monoisotopic (exact) mass is 321 g/mol. The van der Waals surface area contributed by atoms with Gasteiger partial charge in [0, 0.05) is 24.7 Å². The molecule has 0 aliphatic heterocycles. The van der Waals surface area contributed by atoms with Gasteiger partial charge in [-0.1, -0.05) is 0 Å². The van der Waals surface area contributed by atoms with E-state index in [1.54, 1.807) is 13.8 Å². The summed E-state index contributed by atoms with van der Waals surface area (Å²) in [6.07, 6.45) is 0. The van der Waals surface area contributed by atoms with Crippen molar-refractivity contribution in [2.24, 2.45) is 0 Å². The maximum absolute atomic E-state index is 12.5. The summed E-state index contributed by atoms with van der Waals surface area (Å²) in [7, 11) is 0.895. The van der Waals surface area contributed by atoms with Gasteiger partial charge >= 0.3 is 0 Å². The Morgan fingerprint density at radius 3 is 2.25 bits per heavy atom. The van der Waals surface area contributed by atoms with Crippen molar-refractivity contribution < 1.29 is 17.9 Å². The summed E-state index contributed by atoms with van der Waals surface area (Å²) in [5.41, 5.74) is 0.573. The second-order valence-electron chi connectivity index (χ2n) is 4.57. The third kappa shape index (κ3) is 3.19. The van der Waals surface area contributed by atoms with Gasteiger partial charge in [0.25, 0.3) is 0 Å². The van der Waals surface area contributed by atoms with Crippen molar-refractivity contribution in [3.63, 3.8) is 0 Å². The number of ether oxygens (including phenoxy) is 2. The van der Waals surface area contributed by atoms with Crippen LogP contribution in [0, 0.1) is 0 Å². The number of rotatable bonds is 6. The van der Waals surface area contributed by atoms with Crippen LogP contribution in [0.25, 0.3) is 0 Å². The van der Waals surface area contributed by atoms with Crippen LogP contribution in [0.2, 0.25) is 0 Å². The van der Waals surface area contributed by atoms with Gasteiger partial charge in [0.15, 0.2) is 11.5 Å². The molecule has 20 heavy (non-hydrogen) atoms. The van der Waals surface area contributed by atoms with Gasteiger partial charge in [-0.15, -0.1) is 11.6 Å². The second kappa shape index (κ2) is 6.65. The highest BCUT2D eigenvalue weighted by Crippen LogP contribution is 2.35. The molecule has 0 spiro atoms. The fraction of sp³-hybridized carbons (Fsp3) is 0.538. The molecule has 0 heterocycles. The van der Waals surface area contributed by atoms with E-state index < -0.39 is 10.0 Å². The summed E-state index contributed by atoms with van der Waals surface area (Å²) in [6, 6.07) is 2.82. The van der Waals surface area contributed by atoms with E-state index in [1.807, 2.05) is 0 Å². The molecule has 0 saturated carbocycles. The van der Waals surface area contributed by atoms with Gasteiger partial charge in [-0.2, -0.15) is 4.31 Å². The topological polar surface area (TPSA) is 55.8 Å². The Labute approximate surface area is 125 Å². The molecule has 0 radical (unpaired) electrons. The van der Waals surface area contributed by atoms with Crippen LogP contribution in [-0.2, 0) is 15.9 Å². The standard InChI is InChI=1S/C13H20ClNO4S/c1-9(2)15(3)20(16,17)11-6-10(8-14)13(19-5)12(7-11)18-4/h6-7,9H,8H2,1-5H3. The first-order valence-electron chi connectivity index (χ1n) is 6.08. The Bertz CT molecular complexity index is 547. The van der Waals surface area contributed by atoms with Gasteiger partial charge in [-0.25, -0.2) is 8.42 Å². The molecule has 0 aliphatic rings. The highest BCUT2D eigenvalue weighted by molar-refractivity contribution is 7.89. The first-order valence-corrected chi connectivity index (χ1v) is 8.05. The Kier molecular flexibility index (Phi) is 5.68. The molecule has 5 nitrogen and oxygen atoms in total. The van der Waals surface area contributed by atoms with Gasteiger partial charge in [-0.3, -0.25) is 0 Å². The lowest BCUT2D eigenvalue weighted by molar-refractivity contribution is 0.351. The third-order valence-electron chi connectivity index (χ3n) is 3.08. The summed E-state index contributed by atoms with van der Waals surface area (Å²) in [4.78, 5) is 0.141. The van der Waals surface area contributed by atoms with Crippen LogP contribution in [0.4, 0.5) is 0 Å². The maximum atomic E-state index is 12.5. The predicted octanol–water partition coefficient (Wildman–Crippen LogP) is 2.47. The number of halogens is 1. The van der Waals surface area contributed by atoms with Crippen molar-refractivity contribution in [2.45, 2.75) is 30.7 Å². The summed E-state index contributed by atoms with van der Waals surface area (Å²) in [5.74, 6) is 0.934. The van der Waals surface area contributed by atoms with E-state index in [9.17, 15) is 8.42 Å². The molecular weight excluding hydrogens is 302 g/mol. The molecule has 0 amide bonds. The van der Waals surface area contributed by atoms with Crippen molar-refractivity contribution >= 4 is 21.6 Å². The zero-order valence-electron chi connectivity index (χ0n) is 12.3. The van der Waals surface area contributed by atoms with Gasteiger partial charge in [0.2, 0.25) is 10.0 Å². The highest BCUT2D eigenvalue weighted by atomic mass is 35.5. The summed E-state index contributed by atoms with van der Waals surface area (Å²) < 4.78 is 36.7. The SMILES string of the molecule is COc1cc(S(=O)(=O)N(C)C(C)C)cc(CCl)c1OC. The van der Waals surface area contributed by atoms with Crippen molar-refractivity contribution in [3.8, 4) is 11.5 Å². The molecule has 0 unspecified atom stereocenters. The lowest BCUT2D eigenvalue weighted by atomic mass is 10.2. The van der Waals surface area contributed by atoms with Crippen LogP contribution in [-0.4, -0.2) is 40.0 Å². The van der Waals surface area contributed by atoms with Gasteiger partial charge in [-0.05, 0) is 19.9 Å². The molecule has 114 valence electrons. The predicted molar refractivity (Wildman–Crippen MR) is 79.2 cm³/mol. The minimum absolute atomic E-state index is 0.133.